The van der Waals surface area contributed by atoms with Gasteiger partial charge in [-0.05, 0) is 35.2 Å². The highest BCUT2D eigenvalue weighted by Gasteiger charge is 2.10. The molecular weight excluding hydrogens is 206 g/mol. The van der Waals surface area contributed by atoms with Crippen LogP contribution in [0, 0.1) is 5.92 Å². The van der Waals surface area contributed by atoms with E-state index in [2.05, 4.69) is 68.6 Å². The van der Waals surface area contributed by atoms with Gasteiger partial charge in [-0.3, -0.25) is 0 Å². The second-order valence-electron chi connectivity index (χ2n) is 4.97. The summed E-state index contributed by atoms with van der Waals surface area (Å²) in [5.41, 5.74) is 1.23. The minimum absolute atomic E-state index is 0.552. The summed E-state index contributed by atoms with van der Waals surface area (Å²) >= 11 is 0. The van der Waals surface area contributed by atoms with Gasteiger partial charge in [0.1, 0.15) is 0 Å². The van der Waals surface area contributed by atoms with Crippen LogP contribution in [0.1, 0.15) is 27.2 Å². The Morgan fingerprint density at radius 1 is 1.00 bits per heavy atom. The summed E-state index contributed by atoms with van der Waals surface area (Å²) in [5.74, 6) is 0.659. The molecule has 2 aromatic rings. The number of benzene rings is 2. The van der Waals surface area contributed by atoms with E-state index in [1.807, 2.05) is 0 Å². The summed E-state index contributed by atoms with van der Waals surface area (Å²) in [4.78, 5) is 0. The Labute approximate surface area is 104 Å². The maximum Gasteiger partial charge on any atom is 0.0348 e. The molecule has 2 rings (SSSR count). The number of anilines is 1. The highest BCUT2D eigenvalue weighted by Crippen LogP contribution is 2.21. The van der Waals surface area contributed by atoms with E-state index in [4.69, 9.17) is 0 Å². The SMILES string of the molecule is CCC(Nc1ccc2ccccc2c1)C(C)C. The molecule has 0 amide bonds. The third-order valence-electron chi connectivity index (χ3n) is 3.35. The van der Waals surface area contributed by atoms with Gasteiger partial charge in [0.25, 0.3) is 0 Å². The van der Waals surface area contributed by atoms with E-state index in [1.165, 1.54) is 16.5 Å². The van der Waals surface area contributed by atoms with E-state index >= 15 is 0 Å². The number of hydrogen-bond donors (Lipinski definition) is 1. The molecule has 2 aromatic carbocycles. The standard InChI is InChI=1S/C16H21N/c1-4-16(12(2)3)17-15-10-9-13-7-5-6-8-14(13)11-15/h5-12,16-17H,4H2,1-3H3. The Morgan fingerprint density at radius 2 is 1.71 bits per heavy atom. The predicted octanol–water partition coefficient (Wildman–Crippen LogP) is 4.69. The van der Waals surface area contributed by atoms with Crippen LogP contribution in [0.25, 0.3) is 10.8 Å². The smallest absolute Gasteiger partial charge is 0.0348 e. The van der Waals surface area contributed by atoms with Crippen molar-refractivity contribution in [2.45, 2.75) is 33.2 Å². The fourth-order valence-corrected chi connectivity index (χ4v) is 2.23. The molecular formula is C16H21N. The Hall–Kier alpha value is -1.50. The summed E-state index contributed by atoms with van der Waals surface area (Å²) in [6.45, 7) is 6.77. The lowest BCUT2D eigenvalue weighted by Gasteiger charge is -2.22. The van der Waals surface area contributed by atoms with Crippen LogP contribution in [0.4, 0.5) is 5.69 Å². The number of fused-ring (bicyclic) bond motifs is 1. The van der Waals surface area contributed by atoms with E-state index in [1.54, 1.807) is 0 Å². The van der Waals surface area contributed by atoms with Crippen LogP contribution < -0.4 is 5.32 Å². The molecule has 0 bridgehead atoms. The topological polar surface area (TPSA) is 12.0 Å². The normalized spacial score (nSPS) is 12.9. The van der Waals surface area contributed by atoms with Crippen LogP contribution in [-0.2, 0) is 0 Å². The van der Waals surface area contributed by atoms with Crippen molar-refractivity contribution in [3.05, 3.63) is 42.5 Å². The summed E-state index contributed by atoms with van der Waals surface area (Å²) in [7, 11) is 0. The van der Waals surface area contributed by atoms with Crippen molar-refractivity contribution in [1.82, 2.24) is 0 Å². The van der Waals surface area contributed by atoms with Crippen LogP contribution in [0.5, 0.6) is 0 Å². The lowest BCUT2D eigenvalue weighted by molar-refractivity contribution is 0.511. The van der Waals surface area contributed by atoms with E-state index < -0.39 is 0 Å². The number of nitrogens with one attached hydrogen (secondary N) is 1. The first-order valence-corrected chi connectivity index (χ1v) is 6.46. The molecule has 1 N–H and O–H groups in total. The molecule has 0 saturated heterocycles. The first kappa shape index (κ1) is 12.0. The van der Waals surface area contributed by atoms with Crippen molar-refractivity contribution >= 4 is 16.5 Å². The molecule has 90 valence electrons. The molecule has 1 atom stereocenters. The zero-order valence-corrected chi connectivity index (χ0v) is 10.9. The minimum Gasteiger partial charge on any atom is -0.382 e. The van der Waals surface area contributed by atoms with E-state index in [0.29, 0.717) is 12.0 Å². The maximum absolute atomic E-state index is 3.62. The van der Waals surface area contributed by atoms with Gasteiger partial charge in [-0.15, -0.1) is 0 Å². The molecule has 0 aliphatic carbocycles. The van der Waals surface area contributed by atoms with Crippen LogP contribution in [0.3, 0.4) is 0 Å². The van der Waals surface area contributed by atoms with E-state index in [-0.39, 0.29) is 0 Å². The van der Waals surface area contributed by atoms with E-state index in [9.17, 15) is 0 Å². The zero-order valence-electron chi connectivity index (χ0n) is 10.9. The fraction of sp³-hybridized carbons (Fsp3) is 0.375. The predicted molar refractivity (Wildman–Crippen MR) is 76.5 cm³/mol. The van der Waals surface area contributed by atoms with Gasteiger partial charge < -0.3 is 5.32 Å². The van der Waals surface area contributed by atoms with Gasteiger partial charge in [0.05, 0.1) is 0 Å². The second kappa shape index (κ2) is 5.22. The molecule has 0 radical (unpaired) electrons. The zero-order chi connectivity index (χ0) is 12.3. The molecule has 0 aliphatic heterocycles. The summed E-state index contributed by atoms with van der Waals surface area (Å²) in [5, 5.41) is 6.22. The molecule has 0 heterocycles. The fourth-order valence-electron chi connectivity index (χ4n) is 2.23. The van der Waals surface area contributed by atoms with Crippen LogP contribution in [0.2, 0.25) is 0 Å². The Kier molecular flexibility index (Phi) is 3.68. The molecule has 0 aromatic heterocycles. The molecule has 0 saturated carbocycles. The van der Waals surface area contributed by atoms with Crippen molar-refractivity contribution in [3.8, 4) is 0 Å². The average Bonchev–Trinajstić information content (AvgIpc) is 2.35. The third-order valence-corrected chi connectivity index (χ3v) is 3.35. The van der Waals surface area contributed by atoms with Crippen molar-refractivity contribution < 1.29 is 0 Å². The molecule has 17 heavy (non-hydrogen) atoms. The highest BCUT2D eigenvalue weighted by atomic mass is 14.9. The summed E-state index contributed by atoms with van der Waals surface area (Å²) in [6.07, 6.45) is 1.16. The molecule has 0 aliphatic rings. The van der Waals surface area contributed by atoms with Crippen LogP contribution in [-0.4, -0.2) is 6.04 Å². The Balaban J connectivity index is 2.24. The Bertz CT molecular complexity index is 488. The molecule has 1 unspecified atom stereocenters. The van der Waals surface area contributed by atoms with E-state index in [0.717, 1.165) is 6.42 Å². The second-order valence-corrected chi connectivity index (χ2v) is 4.97. The van der Waals surface area contributed by atoms with Gasteiger partial charge in [-0.25, -0.2) is 0 Å². The van der Waals surface area contributed by atoms with Crippen LogP contribution >= 0.6 is 0 Å². The van der Waals surface area contributed by atoms with Gasteiger partial charge in [0.2, 0.25) is 0 Å². The lowest BCUT2D eigenvalue weighted by Crippen LogP contribution is -2.24. The first-order valence-electron chi connectivity index (χ1n) is 6.46. The lowest BCUT2D eigenvalue weighted by atomic mass is 10.0. The summed E-state index contributed by atoms with van der Waals surface area (Å²) in [6, 6.07) is 15.6. The monoisotopic (exact) mass is 227 g/mol. The van der Waals surface area contributed by atoms with Gasteiger partial charge in [0.15, 0.2) is 0 Å². The largest absolute Gasteiger partial charge is 0.382 e. The molecule has 1 nitrogen and oxygen atoms in total. The van der Waals surface area contributed by atoms with Crippen molar-refractivity contribution in [2.24, 2.45) is 5.92 Å². The highest BCUT2D eigenvalue weighted by molar-refractivity contribution is 5.85. The van der Waals surface area contributed by atoms with Crippen molar-refractivity contribution in [3.63, 3.8) is 0 Å². The average molecular weight is 227 g/mol. The van der Waals surface area contributed by atoms with Gasteiger partial charge in [-0.2, -0.15) is 0 Å². The molecule has 0 spiro atoms. The van der Waals surface area contributed by atoms with Gasteiger partial charge in [-0.1, -0.05) is 51.1 Å². The van der Waals surface area contributed by atoms with Crippen molar-refractivity contribution in [2.75, 3.05) is 5.32 Å². The molecule has 1 heteroatoms. The molecule has 0 fully saturated rings. The third kappa shape index (κ3) is 2.79. The van der Waals surface area contributed by atoms with Gasteiger partial charge >= 0.3 is 0 Å². The first-order chi connectivity index (χ1) is 8.20. The quantitative estimate of drug-likeness (QED) is 0.799. The minimum atomic E-state index is 0.552. The maximum atomic E-state index is 3.62. The Morgan fingerprint density at radius 3 is 2.35 bits per heavy atom. The number of rotatable bonds is 4. The van der Waals surface area contributed by atoms with Crippen LogP contribution in [0.15, 0.2) is 42.5 Å². The summed E-state index contributed by atoms with van der Waals surface area (Å²) < 4.78 is 0. The number of hydrogen-bond acceptors (Lipinski definition) is 1. The van der Waals surface area contributed by atoms with Crippen molar-refractivity contribution in [1.29, 1.82) is 0 Å². The van der Waals surface area contributed by atoms with Gasteiger partial charge in [0, 0.05) is 11.7 Å².